The Morgan fingerprint density at radius 2 is 1.90 bits per heavy atom. The number of nitrogen functional groups attached to an aromatic ring is 1. The lowest BCUT2D eigenvalue weighted by Gasteiger charge is -2.33. The Labute approximate surface area is 188 Å². The van der Waals surface area contributed by atoms with Crippen LogP contribution in [-0.2, 0) is 10.0 Å². The zero-order chi connectivity index (χ0) is 21.3. The number of piperazine rings is 1. The Bertz CT molecular complexity index is 1170. The Morgan fingerprint density at radius 3 is 2.58 bits per heavy atom. The van der Waals surface area contributed by atoms with Gasteiger partial charge in [-0.3, -0.25) is 4.98 Å². The number of nitrogens with two attached hydrogens (primary N) is 1. The van der Waals surface area contributed by atoms with Gasteiger partial charge in [-0.25, -0.2) is 17.8 Å². The second-order valence-electron chi connectivity index (χ2n) is 7.19. The van der Waals surface area contributed by atoms with E-state index in [-0.39, 0.29) is 35.8 Å². The molecule has 2 heterocycles. The fourth-order valence-electron chi connectivity index (χ4n) is 3.60. The van der Waals surface area contributed by atoms with Crippen molar-refractivity contribution in [3.05, 3.63) is 60.7 Å². The number of nitrogens with zero attached hydrogens (tertiary/aromatic N) is 3. The van der Waals surface area contributed by atoms with E-state index in [1.165, 1.54) is 22.8 Å². The van der Waals surface area contributed by atoms with Crippen LogP contribution in [0.5, 0.6) is 0 Å². The van der Waals surface area contributed by atoms with Crippen molar-refractivity contribution in [1.29, 1.82) is 0 Å². The SMILES string of the molecule is C[C@H]1CNCCN1S(=O)(=O)c1ccccc1-c1ccc(-c2cnc(N)cn2)c(F)c1.S. The van der Waals surface area contributed by atoms with Gasteiger partial charge in [-0.1, -0.05) is 24.3 Å². The highest BCUT2D eigenvalue weighted by atomic mass is 32.2. The molecule has 31 heavy (non-hydrogen) atoms. The first-order valence-electron chi connectivity index (χ1n) is 9.57. The van der Waals surface area contributed by atoms with E-state index in [0.717, 1.165) is 0 Å². The topological polar surface area (TPSA) is 101 Å². The summed E-state index contributed by atoms with van der Waals surface area (Å²) < 4.78 is 43.1. The van der Waals surface area contributed by atoms with Gasteiger partial charge < -0.3 is 11.1 Å². The Balaban J connectivity index is 0.00000272. The lowest BCUT2D eigenvalue weighted by atomic mass is 10.0. The molecule has 4 rings (SSSR count). The molecule has 1 atom stereocenters. The highest BCUT2D eigenvalue weighted by molar-refractivity contribution is 7.89. The molecule has 164 valence electrons. The molecule has 1 aliphatic rings. The molecule has 0 radical (unpaired) electrons. The molecule has 0 amide bonds. The van der Waals surface area contributed by atoms with E-state index in [1.807, 2.05) is 6.92 Å². The lowest BCUT2D eigenvalue weighted by Crippen LogP contribution is -2.52. The van der Waals surface area contributed by atoms with Gasteiger partial charge in [-0.2, -0.15) is 17.8 Å². The molecule has 3 N–H and O–H groups in total. The number of hydrogen-bond donors (Lipinski definition) is 2. The van der Waals surface area contributed by atoms with Gasteiger partial charge in [0.25, 0.3) is 0 Å². The molecule has 0 aliphatic carbocycles. The van der Waals surface area contributed by atoms with Crippen LogP contribution < -0.4 is 11.1 Å². The van der Waals surface area contributed by atoms with E-state index in [2.05, 4.69) is 15.3 Å². The minimum atomic E-state index is -3.74. The van der Waals surface area contributed by atoms with E-state index in [0.29, 0.717) is 36.5 Å². The van der Waals surface area contributed by atoms with Gasteiger partial charge in [0.15, 0.2) is 0 Å². The van der Waals surface area contributed by atoms with Crippen molar-refractivity contribution >= 4 is 29.3 Å². The number of rotatable bonds is 4. The summed E-state index contributed by atoms with van der Waals surface area (Å²) >= 11 is 0. The van der Waals surface area contributed by atoms with Crippen LogP contribution in [0.15, 0.2) is 59.8 Å². The van der Waals surface area contributed by atoms with Gasteiger partial charge in [0.2, 0.25) is 10.0 Å². The summed E-state index contributed by atoms with van der Waals surface area (Å²) in [4.78, 5) is 8.21. The molecule has 0 bridgehead atoms. The molecule has 0 spiro atoms. The minimum absolute atomic E-state index is 0. The molecule has 2 aromatic carbocycles. The molecule has 7 nitrogen and oxygen atoms in total. The highest BCUT2D eigenvalue weighted by Crippen LogP contribution is 2.33. The number of hydrogen-bond acceptors (Lipinski definition) is 6. The van der Waals surface area contributed by atoms with E-state index < -0.39 is 15.8 Å². The Hall–Kier alpha value is -2.53. The summed E-state index contributed by atoms with van der Waals surface area (Å²) in [6.45, 7) is 3.44. The maximum atomic E-state index is 14.9. The van der Waals surface area contributed by atoms with Crippen LogP contribution in [0.3, 0.4) is 0 Å². The third-order valence-electron chi connectivity index (χ3n) is 5.14. The third kappa shape index (κ3) is 4.57. The van der Waals surface area contributed by atoms with Crippen LogP contribution in [0.25, 0.3) is 22.4 Å². The molecule has 1 aliphatic heterocycles. The van der Waals surface area contributed by atoms with Crippen LogP contribution in [-0.4, -0.2) is 48.4 Å². The lowest BCUT2D eigenvalue weighted by molar-refractivity contribution is 0.284. The fourth-order valence-corrected chi connectivity index (χ4v) is 5.45. The van der Waals surface area contributed by atoms with Crippen molar-refractivity contribution in [3.63, 3.8) is 0 Å². The van der Waals surface area contributed by atoms with Gasteiger partial charge in [0.05, 0.1) is 23.0 Å². The zero-order valence-electron chi connectivity index (χ0n) is 16.9. The third-order valence-corrected chi connectivity index (χ3v) is 7.21. The van der Waals surface area contributed by atoms with Crippen molar-refractivity contribution in [3.8, 4) is 22.4 Å². The van der Waals surface area contributed by atoms with Crippen LogP contribution in [0.4, 0.5) is 10.2 Å². The largest absolute Gasteiger partial charge is 0.382 e. The maximum absolute atomic E-state index is 14.9. The Kier molecular flexibility index (Phi) is 6.95. The van der Waals surface area contributed by atoms with Crippen molar-refractivity contribution in [2.45, 2.75) is 17.9 Å². The second kappa shape index (κ2) is 9.31. The van der Waals surface area contributed by atoms with Crippen molar-refractivity contribution in [2.24, 2.45) is 0 Å². The average molecular weight is 462 g/mol. The summed E-state index contributed by atoms with van der Waals surface area (Å²) in [6.07, 6.45) is 2.76. The summed E-state index contributed by atoms with van der Waals surface area (Å²) in [5, 5.41) is 3.19. The molecular weight excluding hydrogens is 437 g/mol. The molecule has 0 saturated carbocycles. The van der Waals surface area contributed by atoms with Crippen LogP contribution >= 0.6 is 13.5 Å². The van der Waals surface area contributed by atoms with Crippen LogP contribution in [0, 0.1) is 5.82 Å². The predicted octanol–water partition coefficient (Wildman–Crippen LogP) is 2.63. The van der Waals surface area contributed by atoms with Crippen molar-refractivity contribution in [1.82, 2.24) is 19.6 Å². The molecule has 0 unspecified atom stereocenters. The average Bonchev–Trinajstić information content (AvgIpc) is 2.75. The first-order chi connectivity index (χ1) is 14.4. The number of benzene rings is 2. The molecule has 1 aromatic heterocycles. The molecular formula is C21H24FN5O2S2. The van der Waals surface area contributed by atoms with E-state index in [4.69, 9.17) is 5.73 Å². The molecule has 1 saturated heterocycles. The molecule has 3 aromatic rings. The highest BCUT2D eigenvalue weighted by Gasteiger charge is 2.32. The number of anilines is 1. The quantitative estimate of drug-likeness (QED) is 0.619. The number of aromatic nitrogens is 2. The van der Waals surface area contributed by atoms with Crippen LogP contribution in [0.1, 0.15) is 6.92 Å². The van der Waals surface area contributed by atoms with Gasteiger partial charge in [0, 0.05) is 36.8 Å². The monoisotopic (exact) mass is 461 g/mol. The smallest absolute Gasteiger partial charge is 0.244 e. The van der Waals surface area contributed by atoms with Gasteiger partial charge in [-0.15, -0.1) is 0 Å². The van der Waals surface area contributed by atoms with E-state index in [9.17, 15) is 12.8 Å². The van der Waals surface area contributed by atoms with Gasteiger partial charge >= 0.3 is 0 Å². The second-order valence-corrected chi connectivity index (χ2v) is 9.05. The minimum Gasteiger partial charge on any atom is -0.382 e. The Morgan fingerprint density at radius 1 is 1.13 bits per heavy atom. The predicted molar refractivity (Wildman–Crippen MR) is 124 cm³/mol. The number of halogens is 1. The number of sulfonamides is 1. The normalized spacial score (nSPS) is 17.2. The summed E-state index contributed by atoms with van der Waals surface area (Å²) in [6, 6.07) is 11.1. The van der Waals surface area contributed by atoms with Crippen molar-refractivity contribution < 1.29 is 12.8 Å². The zero-order valence-corrected chi connectivity index (χ0v) is 18.7. The number of nitrogens with one attached hydrogen (secondary N) is 1. The maximum Gasteiger partial charge on any atom is 0.244 e. The van der Waals surface area contributed by atoms with E-state index in [1.54, 1.807) is 36.4 Å². The first-order valence-corrected chi connectivity index (χ1v) is 11.0. The molecule has 1 fully saturated rings. The summed E-state index contributed by atoms with van der Waals surface area (Å²) in [5.74, 6) is -0.272. The van der Waals surface area contributed by atoms with Gasteiger partial charge in [0.1, 0.15) is 11.6 Å². The summed E-state index contributed by atoms with van der Waals surface area (Å²) in [5.41, 5.74) is 7.09. The van der Waals surface area contributed by atoms with Gasteiger partial charge in [-0.05, 0) is 30.7 Å². The standard InChI is InChI=1S/C21H22FN5O2S.H2S/c1-14-11-24-8-9-27(14)30(28,29)20-5-3-2-4-16(20)15-6-7-17(18(22)10-15)19-12-26-21(23)13-25-19;/h2-7,10,12-14,24H,8-9,11H2,1H3,(H2,23,26);1H2/t14-;/m0./s1. The molecule has 10 heteroatoms. The fraction of sp³-hybridized carbons (Fsp3) is 0.238. The van der Waals surface area contributed by atoms with E-state index >= 15 is 0 Å². The van der Waals surface area contributed by atoms with Crippen molar-refractivity contribution in [2.75, 3.05) is 25.4 Å². The first kappa shape index (κ1) is 23.1. The summed E-state index contributed by atoms with van der Waals surface area (Å²) in [7, 11) is -3.74. The van der Waals surface area contributed by atoms with Crippen LogP contribution in [0.2, 0.25) is 0 Å².